The minimum atomic E-state index is 1.06. The summed E-state index contributed by atoms with van der Waals surface area (Å²) >= 11 is 1.69. The summed E-state index contributed by atoms with van der Waals surface area (Å²) < 4.78 is 0. The van der Waals surface area contributed by atoms with Crippen molar-refractivity contribution in [3.8, 4) is 11.3 Å². The average Bonchev–Trinajstić information content (AvgIpc) is 2.93. The largest absolute Gasteiger partial charge is 0.242 e. The molecular formula is C18H15NS. The van der Waals surface area contributed by atoms with Gasteiger partial charge in [0.1, 0.15) is 0 Å². The first-order valence-corrected chi connectivity index (χ1v) is 7.45. The zero-order valence-corrected chi connectivity index (χ0v) is 12.1. The summed E-state index contributed by atoms with van der Waals surface area (Å²) in [6, 6.07) is 18.7. The molecule has 0 radical (unpaired) electrons. The molecule has 98 valence electrons. The molecule has 0 aliphatic carbocycles. The highest BCUT2D eigenvalue weighted by molar-refractivity contribution is 7.09. The third-order valence-electron chi connectivity index (χ3n) is 3.11. The molecule has 0 saturated carbocycles. The number of thiazole rings is 1. The van der Waals surface area contributed by atoms with E-state index in [-0.39, 0.29) is 0 Å². The summed E-state index contributed by atoms with van der Waals surface area (Å²) in [6.07, 6.45) is 4.29. The molecule has 0 spiro atoms. The van der Waals surface area contributed by atoms with Gasteiger partial charge in [-0.3, -0.25) is 0 Å². The smallest absolute Gasteiger partial charge is 0.0901 e. The molecule has 0 saturated heterocycles. The van der Waals surface area contributed by atoms with Gasteiger partial charge in [0.05, 0.1) is 10.7 Å². The molecule has 0 aliphatic heterocycles. The van der Waals surface area contributed by atoms with Gasteiger partial charge in [-0.2, -0.15) is 0 Å². The van der Waals surface area contributed by atoms with E-state index >= 15 is 0 Å². The molecule has 0 unspecified atom stereocenters. The van der Waals surface area contributed by atoms with E-state index in [4.69, 9.17) is 0 Å². The Hall–Kier alpha value is -2.19. The summed E-state index contributed by atoms with van der Waals surface area (Å²) in [4.78, 5) is 4.58. The third kappa shape index (κ3) is 2.86. The van der Waals surface area contributed by atoms with Gasteiger partial charge in [0.15, 0.2) is 0 Å². The fourth-order valence-electron chi connectivity index (χ4n) is 2.11. The van der Waals surface area contributed by atoms with E-state index < -0.39 is 0 Å². The van der Waals surface area contributed by atoms with Crippen molar-refractivity contribution in [2.45, 2.75) is 6.92 Å². The van der Waals surface area contributed by atoms with E-state index in [0.717, 1.165) is 10.7 Å². The molecule has 0 N–H and O–H groups in total. The summed E-state index contributed by atoms with van der Waals surface area (Å²) in [6.45, 7) is 2.04. The predicted octanol–water partition coefficient (Wildman–Crippen LogP) is 5.29. The van der Waals surface area contributed by atoms with E-state index in [1.54, 1.807) is 11.3 Å². The number of benzene rings is 2. The first kappa shape index (κ1) is 12.8. The van der Waals surface area contributed by atoms with Crippen LogP contribution in [0.1, 0.15) is 16.1 Å². The maximum Gasteiger partial charge on any atom is 0.0901 e. The first-order valence-electron chi connectivity index (χ1n) is 6.57. The molecule has 20 heavy (non-hydrogen) atoms. The van der Waals surface area contributed by atoms with Crippen molar-refractivity contribution in [1.29, 1.82) is 0 Å². The van der Waals surface area contributed by atoms with Crippen LogP contribution in [0.4, 0.5) is 0 Å². The molecule has 0 aliphatic rings. The van der Waals surface area contributed by atoms with Crippen LogP contribution in [0.3, 0.4) is 0 Å². The molecule has 1 nitrogen and oxygen atoms in total. The average molecular weight is 277 g/mol. The quantitative estimate of drug-likeness (QED) is 0.593. The molecule has 1 heterocycles. The van der Waals surface area contributed by atoms with Crippen molar-refractivity contribution in [2.24, 2.45) is 0 Å². The van der Waals surface area contributed by atoms with Crippen LogP contribution in [-0.2, 0) is 0 Å². The van der Waals surface area contributed by atoms with Crippen molar-refractivity contribution in [1.82, 2.24) is 4.98 Å². The van der Waals surface area contributed by atoms with Crippen LogP contribution >= 0.6 is 11.3 Å². The van der Waals surface area contributed by atoms with Gasteiger partial charge in [0, 0.05) is 10.9 Å². The minimum Gasteiger partial charge on any atom is -0.242 e. The zero-order chi connectivity index (χ0) is 13.8. The van der Waals surface area contributed by atoms with E-state index in [1.807, 2.05) is 13.0 Å². The Morgan fingerprint density at radius 3 is 2.40 bits per heavy atom. The lowest BCUT2D eigenvalue weighted by Gasteiger charge is -2.02. The maximum atomic E-state index is 4.58. The highest BCUT2D eigenvalue weighted by atomic mass is 32.1. The Balaban J connectivity index is 1.96. The fourth-order valence-corrected chi connectivity index (χ4v) is 2.73. The Bertz CT molecular complexity index is 726. The summed E-state index contributed by atoms with van der Waals surface area (Å²) in [7, 11) is 0. The van der Waals surface area contributed by atoms with Crippen LogP contribution in [0.15, 0.2) is 60.0 Å². The molecule has 1 aromatic heterocycles. The second-order valence-electron chi connectivity index (χ2n) is 4.58. The highest BCUT2D eigenvalue weighted by Gasteiger charge is 2.05. The van der Waals surface area contributed by atoms with Gasteiger partial charge in [0.2, 0.25) is 0 Å². The van der Waals surface area contributed by atoms with Crippen molar-refractivity contribution >= 4 is 23.5 Å². The Kier molecular flexibility index (Phi) is 3.75. The van der Waals surface area contributed by atoms with E-state index in [1.165, 1.54) is 16.7 Å². The van der Waals surface area contributed by atoms with E-state index in [0.29, 0.717) is 0 Å². The lowest BCUT2D eigenvalue weighted by Crippen LogP contribution is -1.83. The van der Waals surface area contributed by atoms with Crippen LogP contribution in [0.2, 0.25) is 0 Å². The molecular weight excluding hydrogens is 262 g/mol. The molecule has 0 amide bonds. The predicted molar refractivity (Wildman–Crippen MR) is 87.7 cm³/mol. The summed E-state index contributed by atoms with van der Waals surface area (Å²) in [5.74, 6) is 0. The van der Waals surface area contributed by atoms with Gasteiger partial charge < -0.3 is 0 Å². The summed E-state index contributed by atoms with van der Waals surface area (Å²) in [5, 5.41) is 3.21. The molecule has 2 heteroatoms. The normalized spacial score (nSPS) is 11.1. The van der Waals surface area contributed by atoms with Crippen molar-refractivity contribution in [3.05, 3.63) is 76.1 Å². The lowest BCUT2D eigenvalue weighted by atomic mass is 10.0. The van der Waals surface area contributed by atoms with Gasteiger partial charge in [-0.25, -0.2) is 4.98 Å². The molecule has 3 aromatic rings. The highest BCUT2D eigenvalue weighted by Crippen LogP contribution is 2.26. The van der Waals surface area contributed by atoms with E-state index in [2.05, 4.69) is 71.0 Å². The number of rotatable bonds is 3. The van der Waals surface area contributed by atoms with Crippen molar-refractivity contribution < 1.29 is 0 Å². The van der Waals surface area contributed by atoms with Crippen LogP contribution in [0, 0.1) is 6.92 Å². The summed E-state index contributed by atoms with van der Waals surface area (Å²) in [5.41, 5.74) is 4.64. The fraction of sp³-hybridized carbons (Fsp3) is 0.0556. The zero-order valence-electron chi connectivity index (χ0n) is 11.3. The van der Waals surface area contributed by atoms with Crippen LogP contribution < -0.4 is 0 Å². The topological polar surface area (TPSA) is 12.9 Å². The number of aryl methyl sites for hydroxylation is 1. The van der Waals surface area contributed by atoms with E-state index in [9.17, 15) is 0 Å². The van der Waals surface area contributed by atoms with Gasteiger partial charge >= 0.3 is 0 Å². The monoisotopic (exact) mass is 277 g/mol. The van der Waals surface area contributed by atoms with Gasteiger partial charge in [0.25, 0.3) is 0 Å². The number of hydrogen-bond donors (Lipinski definition) is 0. The Labute approximate surface area is 123 Å². The number of aromatic nitrogens is 1. The standard InChI is InChI=1S/C18H15NS/c1-14-19-18(13-20-14)17-10-6-5-9-16(17)12-11-15-7-3-2-4-8-15/h2-13H,1H3/b12-11+. The number of hydrogen-bond acceptors (Lipinski definition) is 2. The number of nitrogens with zero attached hydrogens (tertiary/aromatic N) is 1. The Morgan fingerprint density at radius 1 is 0.900 bits per heavy atom. The van der Waals surface area contributed by atoms with Gasteiger partial charge in [-0.05, 0) is 18.1 Å². The van der Waals surface area contributed by atoms with Crippen molar-refractivity contribution in [2.75, 3.05) is 0 Å². The maximum absolute atomic E-state index is 4.58. The molecule has 2 aromatic carbocycles. The van der Waals surface area contributed by atoms with Crippen molar-refractivity contribution in [3.63, 3.8) is 0 Å². The molecule has 0 fully saturated rings. The lowest BCUT2D eigenvalue weighted by molar-refractivity contribution is 1.30. The first-order chi connectivity index (χ1) is 9.83. The van der Waals surface area contributed by atoms with Crippen LogP contribution in [0.5, 0.6) is 0 Å². The van der Waals surface area contributed by atoms with Gasteiger partial charge in [-0.1, -0.05) is 66.7 Å². The second-order valence-corrected chi connectivity index (χ2v) is 5.65. The van der Waals surface area contributed by atoms with Gasteiger partial charge in [-0.15, -0.1) is 11.3 Å². The Morgan fingerprint density at radius 2 is 1.65 bits per heavy atom. The second kappa shape index (κ2) is 5.85. The molecule has 0 atom stereocenters. The molecule has 0 bridgehead atoms. The molecule has 3 rings (SSSR count). The third-order valence-corrected chi connectivity index (χ3v) is 3.88. The SMILES string of the molecule is Cc1nc(-c2ccccc2/C=C/c2ccccc2)cs1. The van der Waals surface area contributed by atoms with Crippen LogP contribution in [0.25, 0.3) is 23.4 Å². The minimum absolute atomic E-state index is 1.06. The van der Waals surface area contributed by atoms with Crippen LogP contribution in [-0.4, -0.2) is 4.98 Å².